The fourth-order valence-corrected chi connectivity index (χ4v) is 3.72. The molecule has 0 aliphatic carbocycles. The molecule has 0 aromatic heterocycles. The molecule has 1 aromatic carbocycles. The Balaban J connectivity index is 1.67. The molecule has 2 unspecified atom stereocenters. The Labute approximate surface area is 170 Å². The van der Waals surface area contributed by atoms with Crippen molar-refractivity contribution in [3.63, 3.8) is 0 Å². The number of fused-ring (bicyclic) bond motifs is 3. The molecule has 2 fully saturated rings. The molecule has 3 N–H and O–H groups in total. The van der Waals surface area contributed by atoms with Crippen LogP contribution >= 0.6 is 0 Å². The maximum atomic E-state index is 12.7. The summed E-state index contributed by atoms with van der Waals surface area (Å²) in [4.78, 5) is 29.7. The Kier molecular flexibility index (Phi) is 4.73. The van der Waals surface area contributed by atoms with Crippen molar-refractivity contribution >= 4 is 23.3 Å². The van der Waals surface area contributed by atoms with Gasteiger partial charge >= 0.3 is 12.1 Å². The van der Waals surface area contributed by atoms with Crippen LogP contribution in [0.3, 0.4) is 0 Å². The van der Waals surface area contributed by atoms with E-state index >= 15 is 0 Å². The molecular formula is C18H22F3N5O4. The lowest BCUT2D eigenvalue weighted by atomic mass is 9.94. The van der Waals surface area contributed by atoms with Crippen molar-refractivity contribution in [2.45, 2.75) is 44.7 Å². The van der Waals surface area contributed by atoms with Crippen molar-refractivity contribution in [3.8, 4) is 5.75 Å². The highest BCUT2D eigenvalue weighted by Crippen LogP contribution is 2.41. The molecule has 2 atom stereocenters. The van der Waals surface area contributed by atoms with E-state index in [0.717, 1.165) is 24.3 Å². The monoisotopic (exact) mass is 429 g/mol. The van der Waals surface area contributed by atoms with Gasteiger partial charge in [-0.3, -0.25) is 10.2 Å². The maximum Gasteiger partial charge on any atom is 0.492 e. The van der Waals surface area contributed by atoms with E-state index in [-0.39, 0.29) is 12.1 Å². The van der Waals surface area contributed by atoms with Gasteiger partial charge in [-0.1, -0.05) is 0 Å². The zero-order valence-electron chi connectivity index (χ0n) is 16.6. The van der Waals surface area contributed by atoms with Gasteiger partial charge in [0.25, 0.3) is 5.91 Å². The van der Waals surface area contributed by atoms with Gasteiger partial charge in [0.1, 0.15) is 18.4 Å². The third-order valence-electron chi connectivity index (χ3n) is 5.46. The van der Waals surface area contributed by atoms with Gasteiger partial charge in [-0.15, -0.1) is 0 Å². The van der Waals surface area contributed by atoms with Gasteiger partial charge in [0.2, 0.25) is 0 Å². The summed E-state index contributed by atoms with van der Waals surface area (Å²) in [6, 6.07) is 2.89. The van der Waals surface area contributed by atoms with Crippen molar-refractivity contribution in [1.29, 1.82) is 0 Å². The number of nitrogens with one attached hydrogen (secondary N) is 3. The van der Waals surface area contributed by atoms with Crippen LogP contribution in [0.1, 0.15) is 19.4 Å². The van der Waals surface area contributed by atoms with Crippen molar-refractivity contribution < 1.29 is 32.3 Å². The second-order valence-electron chi connectivity index (χ2n) is 7.98. The second-order valence-corrected chi connectivity index (χ2v) is 7.98. The Hall–Kier alpha value is -2.73. The van der Waals surface area contributed by atoms with E-state index in [0.29, 0.717) is 16.6 Å². The van der Waals surface area contributed by atoms with Crippen LogP contribution in [0, 0.1) is 6.92 Å². The Morgan fingerprint density at radius 3 is 2.67 bits per heavy atom. The Bertz CT molecular complexity index is 889. The van der Waals surface area contributed by atoms with Crippen molar-refractivity contribution in [1.82, 2.24) is 15.9 Å². The molecule has 0 saturated carbocycles. The number of benzene rings is 1. The van der Waals surface area contributed by atoms with Crippen LogP contribution < -0.4 is 25.7 Å². The molecule has 1 amide bonds. The quantitative estimate of drug-likeness (QED) is 0.657. The number of alkyl halides is 3. The van der Waals surface area contributed by atoms with E-state index in [1.165, 1.54) is 0 Å². The number of ether oxygens (including phenoxy) is 1. The van der Waals surface area contributed by atoms with E-state index in [4.69, 9.17) is 4.74 Å². The summed E-state index contributed by atoms with van der Waals surface area (Å²) in [5, 5.41) is 7.17. The van der Waals surface area contributed by atoms with Crippen LogP contribution in [0.4, 0.5) is 24.5 Å². The fourth-order valence-electron chi connectivity index (χ4n) is 3.72. The lowest BCUT2D eigenvalue weighted by molar-refractivity contribution is -0.265. The number of rotatable bonds is 3. The lowest BCUT2D eigenvalue weighted by Gasteiger charge is -2.48. The number of carbonyl (C=O) groups is 2. The first kappa shape index (κ1) is 20.5. The van der Waals surface area contributed by atoms with Crippen molar-refractivity contribution in [3.05, 3.63) is 17.7 Å². The summed E-state index contributed by atoms with van der Waals surface area (Å²) in [6.07, 6.45) is -6.17. The first-order chi connectivity index (χ1) is 14.0. The van der Waals surface area contributed by atoms with Gasteiger partial charge < -0.3 is 25.1 Å². The number of aryl methyl sites for hydroxylation is 1. The summed E-state index contributed by atoms with van der Waals surface area (Å²) >= 11 is 0. The molecule has 4 rings (SSSR count). The van der Waals surface area contributed by atoms with Gasteiger partial charge in [-0.05, 0) is 43.6 Å². The molecule has 3 aliphatic heterocycles. The van der Waals surface area contributed by atoms with Gasteiger partial charge in [-0.2, -0.15) is 13.2 Å². The smallest absolute Gasteiger partial charge is 0.488 e. The van der Waals surface area contributed by atoms with Crippen LogP contribution in [0.15, 0.2) is 12.1 Å². The van der Waals surface area contributed by atoms with E-state index in [1.54, 1.807) is 17.9 Å². The predicted molar refractivity (Wildman–Crippen MR) is 99.4 cm³/mol. The van der Waals surface area contributed by atoms with Crippen LogP contribution in [0.2, 0.25) is 0 Å². The summed E-state index contributed by atoms with van der Waals surface area (Å²) in [5.41, 5.74) is 4.32. The SMILES string of the molecule is Cc1cc2c(cc1NC1(C)CNC1)N1C(C)C(=O)NN(OC(=O)C(F)(F)F)C1CO2. The van der Waals surface area contributed by atoms with Crippen LogP contribution in [0.25, 0.3) is 0 Å². The second kappa shape index (κ2) is 6.91. The first-order valence-corrected chi connectivity index (χ1v) is 9.42. The van der Waals surface area contributed by atoms with E-state index < -0.39 is 30.3 Å². The topological polar surface area (TPSA) is 95.2 Å². The van der Waals surface area contributed by atoms with Gasteiger partial charge in [0.15, 0.2) is 6.17 Å². The molecule has 9 nitrogen and oxygen atoms in total. The minimum Gasteiger partial charge on any atom is -0.488 e. The predicted octanol–water partition coefficient (Wildman–Crippen LogP) is 1.05. The number of anilines is 2. The number of hydrazine groups is 1. The highest BCUT2D eigenvalue weighted by Gasteiger charge is 2.49. The van der Waals surface area contributed by atoms with Crippen LogP contribution in [0.5, 0.6) is 5.75 Å². The molecule has 3 heterocycles. The summed E-state index contributed by atoms with van der Waals surface area (Å²) < 4.78 is 43.7. The number of carbonyl (C=O) groups excluding carboxylic acids is 2. The zero-order chi connectivity index (χ0) is 21.8. The van der Waals surface area contributed by atoms with Gasteiger partial charge in [0.05, 0.1) is 11.2 Å². The number of nitrogens with zero attached hydrogens (tertiary/aromatic N) is 2. The average Bonchev–Trinajstić information content (AvgIpc) is 2.63. The molecule has 1 aromatic rings. The minimum absolute atomic E-state index is 0.114. The van der Waals surface area contributed by atoms with Gasteiger partial charge in [-0.25, -0.2) is 4.79 Å². The number of hydrogen-bond donors (Lipinski definition) is 3. The zero-order valence-corrected chi connectivity index (χ0v) is 16.6. The highest BCUT2D eigenvalue weighted by molar-refractivity contribution is 5.88. The standard InChI is InChI=1S/C18H22F3N5O4/c1-9-4-13-12(5-11(9)23-17(3)7-22-8-17)25-10(2)15(27)24-26(14(25)6-29-13)30-16(28)18(19,20)21/h4-5,10,14,22-23H,6-8H2,1-3H3,(H,24,27). The highest BCUT2D eigenvalue weighted by atomic mass is 19.4. The molecule has 2 saturated heterocycles. The normalized spacial score (nSPS) is 25.3. The van der Waals surface area contributed by atoms with Crippen LogP contribution in [-0.2, 0) is 14.4 Å². The van der Waals surface area contributed by atoms with E-state index in [9.17, 15) is 22.8 Å². The van der Waals surface area contributed by atoms with Gasteiger partial charge in [0, 0.05) is 18.8 Å². The molecule has 30 heavy (non-hydrogen) atoms. The first-order valence-electron chi connectivity index (χ1n) is 9.42. The molecule has 3 aliphatic rings. The Morgan fingerprint density at radius 2 is 2.07 bits per heavy atom. The maximum absolute atomic E-state index is 12.7. The van der Waals surface area contributed by atoms with Crippen molar-refractivity contribution in [2.24, 2.45) is 0 Å². The van der Waals surface area contributed by atoms with E-state index in [1.807, 2.05) is 13.0 Å². The number of hydrogen-bond acceptors (Lipinski definition) is 8. The third kappa shape index (κ3) is 3.49. The number of hydroxylamine groups is 1. The molecule has 0 radical (unpaired) electrons. The third-order valence-corrected chi connectivity index (χ3v) is 5.46. The molecule has 0 bridgehead atoms. The summed E-state index contributed by atoms with van der Waals surface area (Å²) in [5.74, 6) is -2.55. The molecule has 12 heteroatoms. The molecule has 164 valence electrons. The lowest BCUT2D eigenvalue weighted by Crippen LogP contribution is -2.70. The largest absolute Gasteiger partial charge is 0.492 e. The number of halogens is 3. The minimum atomic E-state index is -5.20. The number of amides is 1. The van der Waals surface area contributed by atoms with Crippen LogP contribution in [-0.4, -0.2) is 60.7 Å². The Morgan fingerprint density at radius 1 is 1.37 bits per heavy atom. The molecule has 0 spiro atoms. The fraction of sp³-hybridized carbons (Fsp3) is 0.556. The summed E-state index contributed by atoms with van der Waals surface area (Å²) in [7, 11) is 0. The molecular weight excluding hydrogens is 407 g/mol. The summed E-state index contributed by atoms with van der Waals surface area (Å²) in [6.45, 7) is 7.05. The average molecular weight is 429 g/mol. The van der Waals surface area contributed by atoms with Crippen molar-refractivity contribution in [2.75, 3.05) is 29.9 Å². The van der Waals surface area contributed by atoms with E-state index in [2.05, 4.69) is 27.8 Å².